The van der Waals surface area contributed by atoms with Crippen LogP contribution in [0.3, 0.4) is 0 Å². The minimum absolute atomic E-state index is 0.124. The summed E-state index contributed by atoms with van der Waals surface area (Å²) in [4.78, 5) is 23.1. The predicted octanol–water partition coefficient (Wildman–Crippen LogP) is 5.02. The molecule has 1 saturated heterocycles. The summed E-state index contributed by atoms with van der Waals surface area (Å²) in [7, 11) is 0. The van der Waals surface area contributed by atoms with Crippen LogP contribution in [-0.4, -0.2) is 52.6 Å². The van der Waals surface area contributed by atoms with Crippen molar-refractivity contribution in [1.82, 2.24) is 14.8 Å². The van der Waals surface area contributed by atoms with E-state index in [1.54, 1.807) is 35.2 Å². The number of hydrogen-bond donors (Lipinski definition) is 0. The molecule has 1 fully saturated rings. The van der Waals surface area contributed by atoms with Gasteiger partial charge in [-0.1, -0.05) is 19.1 Å². The van der Waals surface area contributed by atoms with Gasteiger partial charge in [0.2, 0.25) is 0 Å². The van der Waals surface area contributed by atoms with Crippen molar-refractivity contribution < 1.29 is 9.18 Å². The van der Waals surface area contributed by atoms with E-state index in [-0.39, 0.29) is 11.7 Å². The normalized spacial score (nSPS) is 14.8. The molecule has 0 aliphatic carbocycles. The molecule has 3 aromatic rings. The van der Waals surface area contributed by atoms with Gasteiger partial charge in [0.1, 0.15) is 10.8 Å². The molecule has 0 bridgehead atoms. The van der Waals surface area contributed by atoms with E-state index in [9.17, 15) is 9.18 Å². The van der Waals surface area contributed by atoms with Crippen molar-refractivity contribution in [2.45, 2.75) is 18.4 Å². The summed E-state index contributed by atoms with van der Waals surface area (Å²) in [6.45, 7) is 5.97. The average Bonchev–Trinajstić information content (AvgIpc) is 3.23. The van der Waals surface area contributed by atoms with Gasteiger partial charge in [0, 0.05) is 48.6 Å². The molecule has 1 amide bonds. The van der Waals surface area contributed by atoms with E-state index in [2.05, 4.69) is 17.2 Å². The number of carbonyl (C=O) groups is 1. The Kier molecular flexibility index (Phi) is 6.82. The number of amides is 1. The number of hydrogen-bond acceptors (Lipinski definition) is 5. The maximum Gasteiger partial charge on any atom is 0.255 e. The third-order valence-corrected chi connectivity index (χ3v) is 7.00. The molecule has 30 heavy (non-hydrogen) atoms. The Hall–Kier alpha value is -2.22. The van der Waals surface area contributed by atoms with Gasteiger partial charge in [0.25, 0.3) is 5.91 Å². The van der Waals surface area contributed by atoms with Gasteiger partial charge in [-0.25, -0.2) is 9.37 Å². The van der Waals surface area contributed by atoms with Crippen LogP contribution in [0.15, 0.2) is 58.8 Å². The van der Waals surface area contributed by atoms with Crippen LogP contribution in [0.2, 0.25) is 0 Å². The first-order valence-electron chi connectivity index (χ1n) is 10.1. The fraction of sp³-hybridized carbons (Fsp3) is 0.304. The lowest BCUT2D eigenvalue weighted by atomic mass is 10.1. The lowest BCUT2D eigenvalue weighted by molar-refractivity contribution is 0.0624. The predicted molar refractivity (Wildman–Crippen MR) is 122 cm³/mol. The highest BCUT2D eigenvalue weighted by molar-refractivity contribution is 7.99. The number of nitrogens with zero attached hydrogens (tertiary/aromatic N) is 3. The second-order valence-electron chi connectivity index (χ2n) is 7.15. The summed E-state index contributed by atoms with van der Waals surface area (Å²) in [5.74, 6) is 0.836. The molecule has 0 spiro atoms. The highest BCUT2D eigenvalue weighted by atomic mass is 32.2. The highest BCUT2D eigenvalue weighted by Gasteiger charge is 2.24. The molecule has 4 rings (SSSR count). The van der Waals surface area contributed by atoms with Crippen molar-refractivity contribution in [2.75, 3.05) is 31.9 Å². The molecule has 0 unspecified atom stereocenters. The van der Waals surface area contributed by atoms with E-state index in [4.69, 9.17) is 4.98 Å². The van der Waals surface area contributed by atoms with E-state index in [1.165, 1.54) is 12.1 Å². The van der Waals surface area contributed by atoms with Crippen LogP contribution < -0.4 is 0 Å². The third-order valence-electron chi connectivity index (χ3n) is 5.11. The molecule has 1 aromatic heterocycles. The Morgan fingerprint density at radius 3 is 2.57 bits per heavy atom. The molecular formula is C23H24FN3OS2. The van der Waals surface area contributed by atoms with Crippen LogP contribution >= 0.6 is 23.1 Å². The van der Waals surface area contributed by atoms with Crippen molar-refractivity contribution in [2.24, 2.45) is 0 Å². The molecule has 0 N–H and O–H groups in total. The van der Waals surface area contributed by atoms with E-state index in [0.29, 0.717) is 0 Å². The Balaban J connectivity index is 1.34. The summed E-state index contributed by atoms with van der Waals surface area (Å²) >= 11 is 3.29. The van der Waals surface area contributed by atoms with Crippen LogP contribution in [0.5, 0.6) is 0 Å². The maximum atomic E-state index is 13.1. The van der Waals surface area contributed by atoms with Gasteiger partial charge in [0.15, 0.2) is 0 Å². The minimum atomic E-state index is -0.237. The number of piperazine rings is 1. The lowest BCUT2D eigenvalue weighted by Gasteiger charge is -2.34. The van der Waals surface area contributed by atoms with E-state index in [0.717, 1.165) is 65.2 Å². The first-order valence-corrected chi connectivity index (χ1v) is 11.9. The number of carbonyl (C=O) groups excluding carboxylic acids is 1. The Bertz CT molecular complexity index is 998. The van der Waals surface area contributed by atoms with E-state index in [1.807, 2.05) is 29.2 Å². The highest BCUT2D eigenvalue weighted by Crippen LogP contribution is 2.26. The summed E-state index contributed by atoms with van der Waals surface area (Å²) in [5, 5.41) is 2.97. The molecule has 1 aliphatic rings. The van der Waals surface area contributed by atoms with Crippen molar-refractivity contribution >= 4 is 29.0 Å². The first kappa shape index (κ1) is 21.0. The molecular weight excluding hydrogens is 417 g/mol. The Morgan fingerprint density at radius 1 is 1.10 bits per heavy atom. The van der Waals surface area contributed by atoms with Crippen molar-refractivity contribution in [3.8, 4) is 10.6 Å². The largest absolute Gasteiger partial charge is 0.336 e. The third kappa shape index (κ3) is 4.91. The molecule has 1 aliphatic heterocycles. The molecule has 0 atom stereocenters. The number of halogens is 1. The zero-order valence-electron chi connectivity index (χ0n) is 16.9. The summed E-state index contributed by atoms with van der Waals surface area (Å²) in [6, 6.07) is 14.3. The van der Waals surface area contributed by atoms with Crippen molar-refractivity contribution in [1.29, 1.82) is 0 Å². The zero-order chi connectivity index (χ0) is 20.9. The molecule has 156 valence electrons. The van der Waals surface area contributed by atoms with Gasteiger partial charge in [-0.05, 0) is 42.2 Å². The summed E-state index contributed by atoms with van der Waals surface area (Å²) < 4.78 is 13.1. The Morgan fingerprint density at radius 2 is 1.83 bits per heavy atom. The fourth-order valence-electron chi connectivity index (χ4n) is 3.54. The standard InChI is InChI=1S/C23H24FN3OS2/c1-2-29-21-6-4-3-5-20(21)23(28)27-13-11-26(12-14-27)15-19-16-30-22(25-19)17-7-9-18(24)10-8-17/h3-10,16H,2,11-15H2,1H3. The molecule has 2 heterocycles. The van der Waals surface area contributed by atoms with Gasteiger partial charge in [-0.3, -0.25) is 9.69 Å². The van der Waals surface area contributed by atoms with Gasteiger partial charge in [0.05, 0.1) is 11.3 Å². The smallest absolute Gasteiger partial charge is 0.255 e. The fourth-order valence-corrected chi connectivity index (χ4v) is 5.15. The van der Waals surface area contributed by atoms with E-state index < -0.39 is 0 Å². The monoisotopic (exact) mass is 441 g/mol. The summed E-state index contributed by atoms with van der Waals surface area (Å²) in [6.07, 6.45) is 0. The van der Waals surface area contributed by atoms with Crippen LogP contribution in [-0.2, 0) is 6.54 Å². The number of benzene rings is 2. The van der Waals surface area contributed by atoms with E-state index >= 15 is 0 Å². The van der Waals surface area contributed by atoms with Crippen LogP contribution in [0.25, 0.3) is 10.6 Å². The average molecular weight is 442 g/mol. The summed E-state index contributed by atoms with van der Waals surface area (Å²) in [5.41, 5.74) is 2.76. The molecule has 0 radical (unpaired) electrons. The molecule has 2 aromatic carbocycles. The maximum absolute atomic E-state index is 13.1. The van der Waals surface area contributed by atoms with Crippen molar-refractivity contribution in [3.05, 3.63) is 71.0 Å². The van der Waals surface area contributed by atoms with Gasteiger partial charge >= 0.3 is 0 Å². The SMILES string of the molecule is CCSc1ccccc1C(=O)N1CCN(Cc2csc(-c3ccc(F)cc3)n2)CC1. The lowest BCUT2D eigenvalue weighted by Crippen LogP contribution is -2.48. The topological polar surface area (TPSA) is 36.4 Å². The molecule has 0 saturated carbocycles. The number of rotatable bonds is 6. The molecule has 4 nitrogen and oxygen atoms in total. The second kappa shape index (κ2) is 9.73. The van der Waals surface area contributed by atoms with Crippen LogP contribution in [0.4, 0.5) is 4.39 Å². The second-order valence-corrected chi connectivity index (χ2v) is 9.31. The van der Waals surface area contributed by atoms with Gasteiger partial charge < -0.3 is 4.90 Å². The van der Waals surface area contributed by atoms with Crippen LogP contribution in [0, 0.1) is 5.82 Å². The molecule has 7 heteroatoms. The zero-order valence-corrected chi connectivity index (χ0v) is 18.5. The van der Waals surface area contributed by atoms with Gasteiger partial charge in [-0.2, -0.15) is 0 Å². The van der Waals surface area contributed by atoms with Gasteiger partial charge in [-0.15, -0.1) is 23.1 Å². The minimum Gasteiger partial charge on any atom is -0.336 e. The van der Waals surface area contributed by atoms with Crippen molar-refractivity contribution in [3.63, 3.8) is 0 Å². The number of thioether (sulfide) groups is 1. The number of thiazole rings is 1. The quantitative estimate of drug-likeness (QED) is 0.504. The first-order chi connectivity index (χ1) is 14.6. The Labute approximate surface area is 184 Å². The number of aromatic nitrogens is 1. The van der Waals surface area contributed by atoms with Crippen LogP contribution in [0.1, 0.15) is 23.0 Å².